The molecule has 1 aliphatic carbocycles. The van der Waals surface area contributed by atoms with E-state index in [0.717, 1.165) is 13.0 Å². The molecule has 0 aromatic rings. The molecule has 6 nitrogen and oxygen atoms in total. The second-order valence-corrected chi connectivity index (χ2v) is 4.75. The minimum absolute atomic E-state index is 0.0506. The molecule has 3 N–H and O–H groups in total. The Morgan fingerprint density at radius 1 is 1.47 bits per heavy atom. The van der Waals surface area contributed by atoms with Gasteiger partial charge in [0.1, 0.15) is 5.78 Å². The van der Waals surface area contributed by atoms with E-state index >= 15 is 0 Å². The molecule has 0 heterocycles. The lowest BCUT2D eigenvalue weighted by Crippen LogP contribution is -2.46. The first-order chi connectivity index (χ1) is 8.70. The van der Waals surface area contributed by atoms with Crippen molar-refractivity contribution in [3.63, 3.8) is 0 Å². The Labute approximate surface area is 110 Å². The molecule has 2 atom stereocenters. The van der Waals surface area contributed by atoms with Gasteiger partial charge in [-0.1, -0.05) is 0 Å². The summed E-state index contributed by atoms with van der Waals surface area (Å²) in [5, 5.41) is 27.8. The van der Waals surface area contributed by atoms with Crippen molar-refractivity contribution < 1.29 is 29.7 Å². The Kier molecular flexibility index (Phi) is 4.39. The molecule has 1 aliphatic rings. The van der Waals surface area contributed by atoms with Gasteiger partial charge in [0.25, 0.3) is 0 Å². The number of hydrogen-bond donors (Lipinski definition) is 3. The summed E-state index contributed by atoms with van der Waals surface area (Å²) in [5.41, 5.74) is -2.43. The Hall–Kier alpha value is -1.79. The molecule has 0 spiro atoms. The van der Waals surface area contributed by atoms with Gasteiger partial charge in [0, 0.05) is 12.8 Å². The highest BCUT2D eigenvalue weighted by molar-refractivity contribution is 6.25. The van der Waals surface area contributed by atoms with Crippen molar-refractivity contribution >= 4 is 17.3 Å². The Balaban J connectivity index is 3.04. The maximum absolute atomic E-state index is 11.8. The van der Waals surface area contributed by atoms with Crippen molar-refractivity contribution in [2.45, 2.75) is 38.4 Å². The second kappa shape index (κ2) is 5.46. The lowest BCUT2D eigenvalue weighted by Gasteiger charge is -2.25. The van der Waals surface area contributed by atoms with Crippen LogP contribution in [0.5, 0.6) is 0 Å². The molecule has 2 unspecified atom stereocenters. The molecule has 0 amide bonds. The third-order valence-electron chi connectivity index (χ3n) is 2.86. The number of Topliss-reactive ketones (excluding diaryl/α,β-unsaturated/α-hetero) is 2. The average Bonchev–Trinajstić information content (AvgIpc) is 2.26. The highest BCUT2D eigenvalue weighted by atomic mass is 16.3. The number of ketones is 3. The maximum atomic E-state index is 11.8. The molecule has 0 saturated heterocycles. The van der Waals surface area contributed by atoms with Gasteiger partial charge < -0.3 is 15.3 Å². The van der Waals surface area contributed by atoms with Crippen molar-refractivity contribution in [1.82, 2.24) is 0 Å². The number of aliphatic hydroxyl groups excluding tert-OH is 2. The maximum Gasteiger partial charge on any atom is 0.205 e. The van der Waals surface area contributed by atoms with Gasteiger partial charge in [-0.3, -0.25) is 14.4 Å². The molecule has 0 radical (unpaired) electrons. The predicted octanol–water partition coefficient (Wildman–Crippen LogP) is -0.0124. The van der Waals surface area contributed by atoms with E-state index in [1.807, 2.05) is 0 Å². The summed E-state index contributed by atoms with van der Waals surface area (Å²) in [7, 11) is 0. The monoisotopic (exact) mass is 268 g/mol. The van der Waals surface area contributed by atoms with Crippen molar-refractivity contribution in [3.05, 3.63) is 23.5 Å². The van der Waals surface area contributed by atoms with E-state index in [-0.39, 0.29) is 29.8 Å². The molecule has 0 aromatic carbocycles. The van der Waals surface area contributed by atoms with Gasteiger partial charge in [-0.25, -0.2) is 0 Å². The molecule has 0 bridgehead atoms. The second-order valence-electron chi connectivity index (χ2n) is 4.75. The van der Waals surface area contributed by atoms with E-state index in [2.05, 4.69) is 0 Å². The first-order valence-corrected chi connectivity index (χ1v) is 5.76. The molecular formula is C13H16O6. The minimum Gasteiger partial charge on any atom is -0.515 e. The first-order valence-electron chi connectivity index (χ1n) is 5.76. The molecule has 104 valence electrons. The zero-order valence-corrected chi connectivity index (χ0v) is 10.7. The largest absolute Gasteiger partial charge is 0.515 e. The Morgan fingerprint density at radius 3 is 2.53 bits per heavy atom. The van der Waals surface area contributed by atoms with Gasteiger partial charge in [0.05, 0.1) is 17.9 Å². The highest BCUT2D eigenvalue weighted by Gasteiger charge is 2.44. The van der Waals surface area contributed by atoms with Crippen LogP contribution in [0.15, 0.2) is 23.5 Å². The van der Waals surface area contributed by atoms with Gasteiger partial charge in [-0.2, -0.15) is 0 Å². The molecule has 6 heteroatoms. The number of aliphatic hydroxyl groups is 3. The summed E-state index contributed by atoms with van der Waals surface area (Å²) in [6.07, 6.45) is 0.251. The predicted molar refractivity (Wildman–Crippen MR) is 65.4 cm³/mol. The van der Waals surface area contributed by atoms with Crippen molar-refractivity contribution in [2.75, 3.05) is 0 Å². The summed E-state index contributed by atoms with van der Waals surface area (Å²) in [6.45, 7) is 2.48. The number of rotatable bonds is 4. The summed E-state index contributed by atoms with van der Waals surface area (Å²) in [4.78, 5) is 35.0. The van der Waals surface area contributed by atoms with E-state index in [1.54, 1.807) is 0 Å². The minimum atomic E-state index is -2.22. The fourth-order valence-electron chi connectivity index (χ4n) is 1.80. The molecule has 0 fully saturated rings. The fourth-order valence-corrected chi connectivity index (χ4v) is 1.80. The molecule has 19 heavy (non-hydrogen) atoms. The van der Waals surface area contributed by atoms with E-state index < -0.39 is 23.3 Å². The zero-order valence-electron chi connectivity index (χ0n) is 10.7. The van der Waals surface area contributed by atoms with Crippen LogP contribution in [0, 0.1) is 0 Å². The van der Waals surface area contributed by atoms with Crippen LogP contribution < -0.4 is 0 Å². The van der Waals surface area contributed by atoms with Gasteiger partial charge in [-0.15, -0.1) is 0 Å². The van der Waals surface area contributed by atoms with Crippen LogP contribution in [0.4, 0.5) is 0 Å². The van der Waals surface area contributed by atoms with Crippen LogP contribution in [0.1, 0.15) is 26.7 Å². The SMILES string of the molecule is CC(O)CC(=O)CC1=CC(=O)C(C)(O)C(=O)/C1=C\O. The lowest BCUT2D eigenvalue weighted by atomic mass is 9.79. The van der Waals surface area contributed by atoms with Gasteiger partial charge in [0.15, 0.2) is 11.4 Å². The van der Waals surface area contributed by atoms with Gasteiger partial charge >= 0.3 is 0 Å². The Bertz CT molecular complexity index is 481. The van der Waals surface area contributed by atoms with Crippen molar-refractivity contribution in [2.24, 2.45) is 0 Å². The standard InChI is InChI=1S/C13H16O6/c1-7(15)3-9(16)4-8-5-11(17)13(2,19)12(18)10(8)6-14/h5-7,14-15,19H,3-4H2,1-2H3/b10-6-. The smallest absolute Gasteiger partial charge is 0.205 e. The van der Waals surface area contributed by atoms with E-state index in [0.29, 0.717) is 6.26 Å². The summed E-state index contributed by atoms with van der Waals surface area (Å²) in [6, 6.07) is 0. The number of hydrogen-bond acceptors (Lipinski definition) is 6. The third-order valence-corrected chi connectivity index (χ3v) is 2.86. The first kappa shape index (κ1) is 15.3. The van der Waals surface area contributed by atoms with Crippen LogP contribution in [-0.4, -0.2) is 44.4 Å². The van der Waals surface area contributed by atoms with Crippen LogP contribution in [-0.2, 0) is 14.4 Å². The molecule has 1 rings (SSSR count). The van der Waals surface area contributed by atoms with Crippen molar-refractivity contribution in [3.8, 4) is 0 Å². The fraction of sp³-hybridized carbons (Fsp3) is 0.462. The van der Waals surface area contributed by atoms with Gasteiger partial charge in [0.2, 0.25) is 5.78 Å². The lowest BCUT2D eigenvalue weighted by molar-refractivity contribution is -0.144. The zero-order chi connectivity index (χ0) is 14.8. The summed E-state index contributed by atoms with van der Waals surface area (Å²) < 4.78 is 0. The molecule has 0 saturated carbocycles. The van der Waals surface area contributed by atoms with Crippen molar-refractivity contribution in [1.29, 1.82) is 0 Å². The van der Waals surface area contributed by atoms with Crippen LogP contribution in [0.25, 0.3) is 0 Å². The summed E-state index contributed by atoms with van der Waals surface area (Å²) >= 11 is 0. The Morgan fingerprint density at radius 2 is 2.05 bits per heavy atom. The number of carbonyl (C=O) groups excluding carboxylic acids is 3. The normalized spacial score (nSPS) is 27.4. The van der Waals surface area contributed by atoms with Crippen LogP contribution >= 0.6 is 0 Å². The molecule has 0 aromatic heterocycles. The van der Waals surface area contributed by atoms with E-state index in [4.69, 9.17) is 10.2 Å². The van der Waals surface area contributed by atoms with Gasteiger partial charge in [-0.05, 0) is 25.5 Å². The quantitative estimate of drug-likeness (QED) is 0.375. The highest BCUT2D eigenvalue weighted by Crippen LogP contribution is 2.28. The molecule has 0 aliphatic heterocycles. The number of carbonyl (C=O) groups is 3. The third kappa shape index (κ3) is 3.15. The van der Waals surface area contributed by atoms with E-state index in [1.165, 1.54) is 6.92 Å². The number of allylic oxidation sites excluding steroid dienone is 1. The molecular weight excluding hydrogens is 252 g/mol. The average molecular weight is 268 g/mol. The topological polar surface area (TPSA) is 112 Å². The van der Waals surface area contributed by atoms with Crippen LogP contribution in [0.3, 0.4) is 0 Å². The van der Waals surface area contributed by atoms with Crippen LogP contribution in [0.2, 0.25) is 0 Å². The summed E-state index contributed by atoms with van der Waals surface area (Å²) in [5.74, 6) is -2.15. The van der Waals surface area contributed by atoms with E-state index in [9.17, 15) is 19.5 Å².